The van der Waals surface area contributed by atoms with Crippen molar-refractivity contribution in [3.63, 3.8) is 0 Å². The SMILES string of the molecule is COc1cc2c(cc1OC)CN(CCNC(=O)c1cc(C(C)C)nc3onc(C)c13)CC2. The molecule has 0 saturated carbocycles. The van der Waals surface area contributed by atoms with Crippen molar-refractivity contribution in [2.75, 3.05) is 33.9 Å². The first kappa shape index (κ1) is 22.1. The number of benzene rings is 1. The lowest BCUT2D eigenvalue weighted by Gasteiger charge is -2.29. The van der Waals surface area contributed by atoms with Crippen LogP contribution in [-0.2, 0) is 13.0 Å². The van der Waals surface area contributed by atoms with Crippen LogP contribution in [0.4, 0.5) is 0 Å². The van der Waals surface area contributed by atoms with E-state index in [4.69, 9.17) is 14.0 Å². The van der Waals surface area contributed by atoms with Crippen molar-refractivity contribution in [1.82, 2.24) is 20.4 Å². The molecular formula is C24H30N4O4. The van der Waals surface area contributed by atoms with E-state index in [1.165, 1.54) is 11.1 Å². The molecule has 1 aliphatic rings. The van der Waals surface area contributed by atoms with Gasteiger partial charge in [0.15, 0.2) is 11.5 Å². The van der Waals surface area contributed by atoms with Crippen LogP contribution >= 0.6 is 0 Å². The van der Waals surface area contributed by atoms with Crippen LogP contribution in [-0.4, -0.2) is 54.8 Å². The molecule has 1 aromatic carbocycles. The molecule has 0 bridgehead atoms. The molecule has 170 valence electrons. The average Bonchev–Trinajstić information content (AvgIpc) is 3.18. The highest BCUT2D eigenvalue weighted by molar-refractivity contribution is 6.06. The molecule has 3 aromatic rings. The van der Waals surface area contributed by atoms with Crippen LogP contribution in [0.5, 0.6) is 11.5 Å². The molecule has 3 heterocycles. The molecule has 1 amide bonds. The molecule has 0 aliphatic carbocycles. The topological polar surface area (TPSA) is 89.7 Å². The van der Waals surface area contributed by atoms with Crippen molar-refractivity contribution < 1.29 is 18.8 Å². The number of fused-ring (bicyclic) bond motifs is 2. The summed E-state index contributed by atoms with van der Waals surface area (Å²) in [6, 6.07) is 5.97. The maximum Gasteiger partial charge on any atom is 0.259 e. The molecule has 1 aliphatic heterocycles. The number of methoxy groups -OCH3 is 2. The number of hydrogen-bond acceptors (Lipinski definition) is 7. The van der Waals surface area contributed by atoms with Gasteiger partial charge in [-0.2, -0.15) is 0 Å². The van der Waals surface area contributed by atoms with E-state index in [1.807, 2.05) is 26.8 Å². The average molecular weight is 439 g/mol. The molecule has 2 aromatic heterocycles. The summed E-state index contributed by atoms with van der Waals surface area (Å²) in [7, 11) is 3.31. The quantitative estimate of drug-likeness (QED) is 0.604. The smallest absolute Gasteiger partial charge is 0.259 e. The van der Waals surface area contributed by atoms with Gasteiger partial charge in [-0.25, -0.2) is 4.98 Å². The van der Waals surface area contributed by atoms with E-state index in [1.54, 1.807) is 14.2 Å². The molecule has 0 unspecified atom stereocenters. The summed E-state index contributed by atoms with van der Waals surface area (Å²) >= 11 is 0. The van der Waals surface area contributed by atoms with Crippen molar-refractivity contribution in [2.24, 2.45) is 0 Å². The summed E-state index contributed by atoms with van der Waals surface area (Å²) in [4.78, 5) is 19.9. The summed E-state index contributed by atoms with van der Waals surface area (Å²) in [5.74, 6) is 1.56. The normalized spacial score (nSPS) is 13.9. The van der Waals surface area contributed by atoms with Crippen LogP contribution < -0.4 is 14.8 Å². The Bertz CT molecular complexity index is 1140. The number of ether oxygens (including phenoxy) is 2. The Morgan fingerprint density at radius 3 is 2.59 bits per heavy atom. The second kappa shape index (κ2) is 9.16. The molecule has 4 rings (SSSR count). The van der Waals surface area contributed by atoms with Gasteiger partial charge in [0, 0.05) is 31.9 Å². The van der Waals surface area contributed by atoms with Crippen LogP contribution in [0.15, 0.2) is 22.7 Å². The van der Waals surface area contributed by atoms with E-state index in [0.29, 0.717) is 28.9 Å². The number of aromatic nitrogens is 2. The fourth-order valence-corrected chi connectivity index (χ4v) is 4.14. The number of amides is 1. The van der Waals surface area contributed by atoms with Gasteiger partial charge in [0.2, 0.25) is 0 Å². The molecule has 0 radical (unpaired) electrons. The lowest BCUT2D eigenvalue weighted by molar-refractivity contribution is 0.0948. The van der Waals surface area contributed by atoms with E-state index >= 15 is 0 Å². The standard InChI is InChI=1S/C24H30N4O4/c1-14(2)19-12-18(22-15(3)27-32-24(22)26-19)23(29)25-7-9-28-8-6-16-10-20(30-4)21(31-5)11-17(16)13-28/h10-12,14H,6-9,13H2,1-5H3,(H,25,29). The van der Waals surface area contributed by atoms with Gasteiger partial charge in [-0.3, -0.25) is 9.69 Å². The minimum Gasteiger partial charge on any atom is -0.493 e. The van der Waals surface area contributed by atoms with Gasteiger partial charge in [-0.15, -0.1) is 0 Å². The van der Waals surface area contributed by atoms with Crippen LogP contribution in [0.1, 0.15) is 52.6 Å². The molecule has 1 N–H and O–H groups in total. The third-order valence-electron chi connectivity index (χ3n) is 5.98. The number of rotatable bonds is 7. The highest BCUT2D eigenvalue weighted by atomic mass is 16.5. The fourth-order valence-electron chi connectivity index (χ4n) is 4.14. The fraction of sp³-hybridized carbons (Fsp3) is 0.458. The van der Waals surface area contributed by atoms with Crippen molar-refractivity contribution in [1.29, 1.82) is 0 Å². The van der Waals surface area contributed by atoms with E-state index < -0.39 is 0 Å². The Labute approximate surface area is 187 Å². The molecule has 0 fully saturated rings. The van der Waals surface area contributed by atoms with Gasteiger partial charge in [0.25, 0.3) is 11.6 Å². The van der Waals surface area contributed by atoms with Gasteiger partial charge in [-0.1, -0.05) is 19.0 Å². The van der Waals surface area contributed by atoms with Crippen molar-refractivity contribution in [2.45, 2.75) is 39.7 Å². The maximum atomic E-state index is 13.0. The summed E-state index contributed by atoms with van der Waals surface area (Å²) in [5, 5.41) is 7.74. The molecule has 0 spiro atoms. The molecular weight excluding hydrogens is 408 g/mol. The monoisotopic (exact) mass is 438 g/mol. The first-order valence-corrected chi connectivity index (χ1v) is 10.9. The zero-order valence-electron chi connectivity index (χ0n) is 19.3. The second-order valence-corrected chi connectivity index (χ2v) is 8.46. The van der Waals surface area contributed by atoms with Crippen molar-refractivity contribution in [3.8, 4) is 11.5 Å². The molecule has 32 heavy (non-hydrogen) atoms. The predicted molar refractivity (Wildman–Crippen MR) is 121 cm³/mol. The van der Waals surface area contributed by atoms with Crippen LogP contribution in [0.2, 0.25) is 0 Å². The number of nitrogens with zero attached hydrogens (tertiary/aromatic N) is 3. The molecule has 0 atom stereocenters. The minimum atomic E-state index is -0.130. The van der Waals surface area contributed by atoms with Gasteiger partial charge in [0.05, 0.1) is 30.9 Å². The van der Waals surface area contributed by atoms with E-state index in [9.17, 15) is 4.79 Å². The Morgan fingerprint density at radius 2 is 1.91 bits per heavy atom. The number of carbonyl (C=O) groups excluding carboxylic acids is 1. The third kappa shape index (κ3) is 4.27. The number of aryl methyl sites for hydroxylation is 1. The highest BCUT2D eigenvalue weighted by Gasteiger charge is 2.21. The number of carbonyl (C=O) groups is 1. The van der Waals surface area contributed by atoms with Crippen LogP contribution in [0.3, 0.4) is 0 Å². The summed E-state index contributed by atoms with van der Waals surface area (Å²) in [6.07, 6.45) is 0.937. The van der Waals surface area contributed by atoms with Gasteiger partial charge in [-0.05, 0) is 48.6 Å². The Morgan fingerprint density at radius 1 is 1.19 bits per heavy atom. The number of pyridine rings is 1. The first-order chi connectivity index (χ1) is 15.4. The van der Waals surface area contributed by atoms with Crippen LogP contribution in [0.25, 0.3) is 11.1 Å². The minimum absolute atomic E-state index is 0.130. The summed E-state index contributed by atoms with van der Waals surface area (Å²) < 4.78 is 16.2. The van der Waals surface area contributed by atoms with Crippen molar-refractivity contribution in [3.05, 3.63) is 46.3 Å². The zero-order valence-corrected chi connectivity index (χ0v) is 19.3. The Kier molecular flexibility index (Phi) is 6.32. The van der Waals surface area contributed by atoms with E-state index in [2.05, 4.69) is 32.5 Å². The van der Waals surface area contributed by atoms with Crippen LogP contribution in [0, 0.1) is 6.92 Å². The third-order valence-corrected chi connectivity index (χ3v) is 5.98. The van der Waals surface area contributed by atoms with E-state index in [-0.39, 0.29) is 11.8 Å². The molecule has 0 saturated heterocycles. The zero-order chi connectivity index (χ0) is 22.8. The number of nitrogens with one attached hydrogen (secondary N) is 1. The lowest BCUT2D eigenvalue weighted by atomic mass is 9.99. The maximum absolute atomic E-state index is 13.0. The first-order valence-electron chi connectivity index (χ1n) is 10.9. The Hall–Kier alpha value is -3.13. The van der Waals surface area contributed by atoms with E-state index in [0.717, 1.165) is 43.2 Å². The molecule has 8 heteroatoms. The highest BCUT2D eigenvalue weighted by Crippen LogP contribution is 2.33. The van der Waals surface area contributed by atoms with Crippen molar-refractivity contribution >= 4 is 17.0 Å². The predicted octanol–water partition coefficient (Wildman–Crippen LogP) is 3.46. The largest absolute Gasteiger partial charge is 0.493 e. The lowest BCUT2D eigenvalue weighted by Crippen LogP contribution is -2.38. The number of hydrogen-bond donors (Lipinski definition) is 1. The Balaban J connectivity index is 1.42. The second-order valence-electron chi connectivity index (χ2n) is 8.46. The van der Waals surface area contributed by atoms with Gasteiger partial charge in [0.1, 0.15) is 0 Å². The summed E-state index contributed by atoms with van der Waals surface area (Å²) in [5.41, 5.74) is 4.99. The van der Waals surface area contributed by atoms with Gasteiger partial charge < -0.3 is 19.3 Å². The summed E-state index contributed by atoms with van der Waals surface area (Å²) in [6.45, 7) is 8.96. The molecule has 8 nitrogen and oxygen atoms in total. The van der Waals surface area contributed by atoms with Gasteiger partial charge >= 0.3 is 0 Å².